The molecule has 1 heterocycles. The molecule has 0 spiro atoms. The SMILES string of the molecule is Oc1ccc([C@@H]2Oc3cc(O)c(Cl)c(O)c3C[C@H]2O)cc1O. The highest BCUT2D eigenvalue weighted by atomic mass is 35.5. The Balaban J connectivity index is 2.02. The first-order valence-corrected chi connectivity index (χ1v) is 6.86. The Hall–Kier alpha value is -2.31. The molecule has 22 heavy (non-hydrogen) atoms. The second kappa shape index (κ2) is 5.15. The van der Waals surface area contributed by atoms with Gasteiger partial charge in [0.15, 0.2) is 11.5 Å². The number of benzene rings is 2. The molecule has 2 aromatic carbocycles. The lowest BCUT2D eigenvalue weighted by molar-refractivity contribution is 0.0197. The summed E-state index contributed by atoms with van der Waals surface area (Å²) in [7, 11) is 0. The van der Waals surface area contributed by atoms with Crippen LogP contribution < -0.4 is 4.74 Å². The molecule has 7 heteroatoms. The van der Waals surface area contributed by atoms with Gasteiger partial charge in [0.25, 0.3) is 0 Å². The fourth-order valence-corrected chi connectivity index (χ4v) is 2.66. The Bertz CT molecular complexity index is 745. The number of phenolic OH excluding ortho intramolecular Hbond substituents is 4. The van der Waals surface area contributed by atoms with Crippen LogP contribution in [-0.4, -0.2) is 31.6 Å². The van der Waals surface area contributed by atoms with Crippen molar-refractivity contribution >= 4 is 11.6 Å². The molecule has 0 saturated heterocycles. The van der Waals surface area contributed by atoms with Gasteiger partial charge in [-0.1, -0.05) is 17.7 Å². The summed E-state index contributed by atoms with van der Waals surface area (Å²) in [5.41, 5.74) is 0.747. The molecule has 0 bridgehead atoms. The maximum absolute atomic E-state index is 10.2. The molecule has 6 nitrogen and oxygen atoms in total. The van der Waals surface area contributed by atoms with E-state index >= 15 is 0 Å². The zero-order chi connectivity index (χ0) is 16.0. The highest BCUT2D eigenvalue weighted by molar-refractivity contribution is 6.33. The average Bonchev–Trinajstić information content (AvgIpc) is 2.48. The molecule has 0 aromatic heterocycles. The van der Waals surface area contributed by atoms with Crippen LogP contribution in [0.1, 0.15) is 17.2 Å². The number of hydrogen-bond acceptors (Lipinski definition) is 6. The molecule has 0 aliphatic carbocycles. The number of phenols is 4. The van der Waals surface area contributed by atoms with Gasteiger partial charge in [-0.3, -0.25) is 0 Å². The topological polar surface area (TPSA) is 110 Å². The number of aromatic hydroxyl groups is 4. The van der Waals surface area contributed by atoms with Crippen LogP contribution in [0.15, 0.2) is 24.3 Å². The van der Waals surface area contributed by atoms with Crippen LogP contribution in [-0.2, 0) is 6.42 Å². The highest BCUT2D eigenvalue weighted by Crippen LogP contribution is 2.47. The standard InChI is InChI=1S/C15H13ClO6/c16-13-10(19)5-12-7(14(13)21)4-11(20)15(22-12)6-1-2-8(17)9(18)3-6/h1-3,5,11,15,17-21H,4H2/t11-,15+/m1/s1. The van der Waals surface area contributed by atoms with E-state index in [1.54, 1.807) is 0 Å². The van der Waals surface area contributed by atoms with Crippen molar-refractivity contribution in [2.45, 2.75) is 18.6 Å². The third-order valence-corrected chi connectivity index (χ3v) is 4.00. The van der Waals surface area contributed by atoms with E-state index in [9.17, 15) is 25.5 Å². The van der Waals surface area contributed by atoms with Crippen molar-refractivity contribution in [3.63, 3.8) is 0 Å². The molecule has 1 aliphatic heterocycles. The van der Waals surface area contributed by atoms with Gasteiger partial charge >= 0.3 is 0 Å². The molecule has 0 saturated carbocycles. The maximum Gasteiger partial charge on any atom is 0.157 e. The number of rotatable bonds is 1. The second-order valence-electron chi connectivity index (χ2n) is 5.09. The Morgan fingerprint density at radius 1 is 1.00 bits per heavy atom. The van der Waals surface area contributed by atoms with Crippen LogP contribution in [0.5, 0.6) is 28.7 Å². The number of hydrogen-bond donors (Lipinski definition) is 5. The number of fused-ring (bicyclic) bond motifs is 1. The van der Waals surface area contributed by atoms with E-state index in [2.05, 4.69) is 0 Å². The van der Waals surface area contributed by atoms with Gasteiger partial charge in [0.1, 0.15) is 28.4 Å². The summed E-state index contributed by atoms with van der Waals surface area (Å²) >= 11 is 5.76. The largest absolute Gasteiger partial charge is 0.506 e. The minimum absolute atomic E-state index is 0.0630. The smallest absolute Gasteiger partial charge is 0.157 e. The summed E-state index contributed by atoms with van der Waals surface area (Å²) < 4.78 is 5.62. The van der Waals surface area contributed by atoms with Crippen molar-refractivity contribution < 1.29 is 30.3 Å². The van der Waals surface area contributed by atoms with Crippen LogP contribution in [0.4, 0.5) is 0 Å². The van der Waals surface area contributed by atoms with Crippen molar-refractivity contribution in [1.82, 2.24) is 0 Å². The first-order valence-electron chi connectivity index (χ1n) is 6.48. The third-order valence-electron chi connectivity index (χ3n) is 3.63. The van der Waals surface area contributed by atoms with E-state index in [-0.39, 0.29) is 40.2 Å². The molecule has 3 rings (SSSR count). The first-order chi connectivity index (χ1) is 10.4. The maximum atomic E-state index is 10.2. The van der Waals surface area contributed by atoms with E-state index in [0.29, 0.717) is 11.1 Å². The normalized spacial score (nSPS) is 20.3. The molecular weight excluding hydrogens is 312 g/mol. The summed E-state index contributed by atoms with van der Waals surface area (Å²) in [5.74, 6) is -1.08. The fraction of sp³-hybridized carbons (Fsp3) is 0.200. The lowest BCUT2D eigenvalue weighted by Gasteiger charge is -2.31. The van der Waals surface area contributed by atoms with Crippen molar-refractivity contribution in [3.05, 3.63) is 40.4 Å². The van der Waals surface area contributed by atoms with Gasteiger partial charge in [0, 0.05) is 18.1 Å². The predicted molar refractivity (Wildman–Crippen MR) is 77.6 cm³/mol. The van der Waals surface area contributed by atoms with Crippen molar-refractivity contribution in [1.29, 1.82) is 0 Å². The zero-order valence-electron chi connectivity index (χ0n) is 11.2. The number of halogens is 1. The Morgan fingerprint density at radius 2 is 1.73 bits per heavy atom. The highest BCUT2D eigenvalue weighted by Gasteiger charge is 2.33. The van der Waals surface area contributed by atoms with E-state index in [1.807, 2.05) is 0 Å². The van der Waals surface area contributed by atoms with Crippen molar-refractivity contribution in [3.8, 4) is 28.7 Å². The predicted octanol–water partition coefficient (Wildman–Crippen LogP) is 2.20. The Labute approximate surface area is 130 Å². The Kier molecular flexibility index (Phi) is 3.42. The van der Waals surface area contributed by atoms with Gasteiger partial charge in [-0.2, -0.15) is 0 Å². The third kappa shape index (κ3) is 2.26. The van der Waals surface area contributed by atoms with Crippen molar-refractivity contribution in [2.75, 3.05) is 0 Å². The minimum atomic E-state index is -0.997. The van der Waals surface area contributed by atoms with Gasteiger partial charge in [-0.25, -0.2) is 0 Å². The second-order valence-corrected chi connectivity index (χ2v) is 5.47. The van der Waals surface area contributed by atoms with E-state index < -0.39 is 12.2 Å². The van der Waals surface area contributed by atoms with E-state index in [1.165, 1.54) is 24.3 Å². The average molecular weight is 325 g/mol. The van der Waals surface area contributed by atoms with Gasteiger partial charge in [0.2, 0.25) is 0 Å². The summed E-state index contributed by atoms with van der Waals surface area (Å²) in [6, 6.07) is 5.33. The lowest BCUT2D eigenvalue weighted by Crippen LogP contribution is -2.30. The quantitative estimate of drug-likeness (QED) is 0.514. The molecule has 116 valence electrons. The molecule has 2 atom stereocenters. The molecule has 5 N–H and O–H groups in total. The lowest BCUT2D eigenvalue weighted by atomic mass is 9.94. The molecule has 0 fully saturated rings. The minimum Gasteiger partial charge on any atom is -0.506 e. The first kappa shape index (κ1) is 14.6. The van der Waals surface area contributed by atoms with E-state index in [0.717, 1.165) is 0 Å². The number of aliphatic hydroxyl groups excluding tert-OH is 1. The Morgan fingerprint density at radius 3 is 2.41 bits per heavy atom. The monoisotopic (exact) mass is 324 g/mol. The molecule has 1 aliphatic rings. The van der Waals surface area contributed by atoms with Crippen LogP contribution >= 0.6 is 11.6 Å². The molecule has 0 unspecified atom stereocenters. The van der Waals surface area contributed by atoms with Crippen LogP contribution in [0.3, 0.4) is 0 Å². The number of aliphatic hydroxyl groups is 1. The zero-order valence-corrected chi connectivity index (χ0v) is 11.9. The molecular formula is C15H13ClO6. The molecule has 0 amide bonds. The molecule has 2 aromatic rings. The van der Waals surface area contributed by atoms with Crippen LogP contribution in [0, 0.1) is 0 Å². The number of ether oxygens (including phenoxy) is 1. The summed E-state index contributed by atoms with van der Waals surface area (Å²) in [6.45, 7) is 0. The van der Waals surface area contributed by atoms with Crippen LogP contribution in [0.2, 0.25) is 5.02 Å². The summed E-state index contributed by atoms with van der Waals surface area (Å²) in [6.07, 6.45) is -1.75. The summed E-state index contributed by atoms with van der Waals surface area (Å²) in [4.78, 5) is 0. The summed E-state index contributed by atoms with van der Waals surface area (Å²) in [5, 5.41) is 48.5. The van der Waals surface area contributed by atoms with Gasteiger partial charge in [-0.15, -0.1) is 0 Å². The van der Waals surface area contributed by atoms with Gasteiger partial charge in [0.05, 0.1) is 6.10 Å². The fourth-order valence-electron chi connectivity index (χ4n) is 2.49. The van der Waals surface area contributed by atoms with Crippen molar-refractivity contribution in [2.24, 2.45) is 0 Å². The molecule has 0 radical (unpaired) electrons. The van der Waals surface area contributed by atoms with E-state index in [4.69, 9.17) is 16.3 Å². The van der Waals surface area contributed by atoms with Gasteiger partial charge in [-0.05, 0) is 17.7 Å². The van der Waals surface area contributed by atoms with Gasteiger partial charge < -0.3 is 30.3 Å². The van der Waals surface area contributed by atoms with Crippen LogP contribution in [0.25, 0.3) is 0 Å².